The Morgan fingerprint density at radius 1 is 0.700 bits per heavy atom. The van der Waals surface area contributed by atoms with Crippen LogP contribution in [0.1, 0.15) is 0 Å². The van der Waals surface area contributed by atoms with Gasteiger partial charge in [-0.15, -0.1) is 0 Å². The van der Waals surface area contributed by atoms with Crippen LogP contribution in [-0.2, 0) is 0 Å². The minimum atomic E-state index is 0.697. The lowest BCUT2D eigenvalue weighted by molar-refractivity contribution is 0.978. The maximum atomic E-state index is 4.57. The van der Waals surface area contributed by atoms with Crippen molar-refractivity contribution in [3.8, 4) is 11.6 Å². The van der Waals surface area contributed by atoms with E-state index in [1.165, 1.54) is 0 Å². The van der Waals surface area contributed by atoms with Gasteiger partial charge in [-0.05, 0) is 24.3 Å². The molecule has 96 valence electrons. The molecule has 0 aliphatic carbocycles. The van der Waals surface area contributed by atoms with Crippen molar-refractivity contribution in [2.45, 2.75) is 0 Å². The fourth-order valence-corrected chi connectivity index (χ4v) is 2.06. The lowest BCUT2D eigenvalue weighted by atomic mass is 10.3. The average molecular weight is 262 g/mol. The van der Waals surface area contributed by atoms with Gasteiger partial charge in [0.15, 0.2) is 5.65 Å². The monoisotopic (exact) mass is 262 g/mol. The Morgan fingerprint density at radius 3 is 1.70 bits per heavy atom. The Balaban J connectivity index is 1.88. The fraction of sp³-hybridized carbons (Fsp3) is 0. The highest BCUT2D eigenvalue weighted by Crippen LogP contribution is 2.15. The van der Waals surface area contributed by atoms with Crippen LogP contribution in [0.3, 0.4) is 0 Å². The quantitative estimate of drug-likeness (QED) is 0.554. The van der Waals surface area contributed by atoms with Crippen molar-refractivity contribution in [2.75, 3.05) is 0 Å². The van der Waals surface area contributed by atoms with E-state index in [2.05, 4.69) is 19.9 Å². The second-order valence-electron chi connectivity index (χ2n) is 4.33. The third-order valence-corrected chi connectivity index (χ3v) is 3.06. The van der Waals surface area contributed by atoms with Gasteiger partial charge in [0.1, 0.15) is 24.3 Å². The molecular weight excluding hydrogens is 252 g/mol. The van der Waals surface area contributed by atoms with Gasteiger partial charge in [0.2, 0.25) is 0 Å². The molecule has 0 bridgehead atoms. The molecule has 0 aliphatic heterocycles. The summed E-state index contributed by atoms with van der Waals surface area (Å²) in [6, 6.07) is 7.90. The largest absolute Gasteiger partial charge is 0.290 e. The molecule has 4 aromatic heterocycles. The van der Waals surface area contributed by atoms with E-state index >= 15 is 0 Å². The summed E-state index contributed by atoms with van der Waals surface area (Å²) >= 11 is 0. The topological polar surface area (TPSA) is 61.4 Å². The first-order chi connectivity index (χ1) is 9.90. The van der Waals surface area contributed by atoms with Crippen LogP contribution >= 0.6 is 0 Å². The van der Waals surface area contributed by atoms with Crippen LogP contribution in [0.4, 0.5) is 0 Å². The lowest BCUT2D eigenvalue weighted by Gasteiger charge is -2.05. The van der Waals surface area contributed by atoms with Crippen LogP contribution < -0.4 is 0 Å². The van der Waals surface area contributed by atoms with Crippen LogP contribution in [-0.4, -0.2) is 29.1 Å². The van der Waals surface area contributed by atoms with Gasteiger partial charge in [-0.2, -0.15) is 0 Å². The first-order valence-electron chi connectivity index (χ1n) is 6.15. The molecule has 6 nitrogen and oxygen atoms in total. The molecule has 0 amide bonds. The molecule has 6 heteroatoms. The Morgan fingerprint density at radius 2 is 1.25 bits per heavy atom. The van der Waals surface area contributed by atoms with E-state index < -0.39 is 0 Å². The summed E-state index contributed by atoms with van der Waals surface area (Å²) in [7, 11) is 0. The zero-order valence-corrected chi connectivity index (χ0v) is 10.5. The highest BCUT2D eigenvalue weighted by molar-refractivity contribution is 5.76. The number of aromatic nitrogens is 6. The van der Waals surface area contributed by atoms with E-state index in [4.69, 9.17) is 0 Å². The van der Waals surface area contributed by atoms with Crippen molar-refractivity contribution in [1.82, 2.24) is 29.1 Å². The second-order valence-corrected chi connectivity index (χ2v) is 4.33. The number of imidazole rings is 2. The zero-order valence-electron chi connectivity index (χ0n) is 10.5. The predicted molar refractivity (Wildman–Crippen MR) is 73.8 cm³/mol. The smallest absolute Gasteiger partial charge is 0.163 e. The molecule has 0 unspecified atom stereocenters. The van der Waals surface area contributed by atoms with Gasteiger partial charge < -0.3 is 0 Å². The van der Waals surface area contributed by atoms with Crippen LogP contribution in [0.15, 0.2) is 61.7 Å². The minimum Gasteiger partial charge on any atom is -0.290 e. The number of pyridine rings is 2. The van der Waals surface area contributed by atoms with Crippen molar-refractivity contribution in [2.24, 2.45) is 0 Å². The average Bonchev–Trinajstić information content (AvgIpc) is 3.19. The molecule has 0 N–H and O–H groups in total. The van der Waals surface area contributed by atoms with E-state index in [-0.39, 0.29) is 0 Å². The molecule has 0 atom stereocenters. The summed E-state index contributed by atoms with van der Waals surface area (Å²) < 4.78 is 3.70. The van der Waals surface area contributed by atoms with Gasteiger partial charge in [-0.25, -0.2) is 19.9 Å². The lowest BCUT2D eigenvalue weighted by Crippen LogP contribution is -1.99. The molecule has 0 aromatic carbocycles. The van der Waals surface area contributed by atoms with Crippen LogP contribution in [0.2, 0.25) is 0 Å². The minimum absolute atomic E-state index is 0.697. The number of hydrogen-bond acceptors (Lipinski definition) is 4. The van der Waals surface area contributed by atoms with Crippen molar-refractivity contribution in [1.29, 1.82) is 0 Å². The molecule has 0 radical (unpaired) electrons. The van der Waals surface area contributed by atoms with Gasteiger partial charge in [0.05, 0.1) is 0 Å². The Hall–Kier alpha value is -3.02. The molecule has 0 fully saturated rings. The van der Waals surface area contributed by atoms with Gasteiger partial charge in [0.25, 0.3) is 0 Å². The highest BCUT2D eigenvalue weighted by Gasteiger charge is 2.04. The molecule has 4 rings (SSSR count). The summed E-state index contributed by atoms with van der Waals surface area (Å²) in [4.78, 5) is 17.2. The Labute approximate surface area is 114 Å². The van der Waals surface area contributed by atoms with E-state index in [0.29, 0.717) is 5.65 Å². The predicted octanol–water partition coefficient (Wildman–Crippen LogP) is 2.00. The van der Waals surface area contributed by atoms with E-state index in [0.717, 1.165) is 17.0 Å². The third kappa shape index (κ3) is 1.74. The zero-order chi connectivity index (χ0) is 13.4. The van der Waals surface area contributed by atoms with Crippen molar-refractivity contribution in [3.05, 3.63) is 61.7 Å². The van der Waals surface area contributed by atoms with Crippen LogP contribution in [0.25, 0.3) is 22.7 Å². The van der Waals surface area contributed by atoms with Gasteiger partial charge in [-0.1, -0.05) is 0 Å². The van der Waals surface area contributed by atoms with Gasteiger partial charge in [-0.3, -0.25) is 9.13 Å². The van der Waals surface area contributed by atoms with Gasteiger partial charge in [0, 0.05) is 30.2 Å². The molecule has 4 aromatic rings. The first-order valence-corrected chi connectivity index (χ1v) is 6.15. The maximum Gasteiger partial charge on any atom is 0.163 e. The number of fused-ring (bicyclic) bond motifs is 1. The molecule has 0 spiro atoms. The molecule has 20 heavy (non-hydrogen) atoms. The Kier molecular flexibility index (Phi) is 2.32. The Bertz CT molecular complexity index is 780. The summed E-state index contributed by atoms with van der Waals surface area (Å²) in [6.07, 6.45) is 10.6. The second kappa shape index (κ2) is 4.27. The maximum absolute atomic E-state index is 4.57. The third-order valence-electron chi connectivity index (χ3n) is 3.06. The van der Waals surface area contributed by atoms with Gasteiger partial charge >= 0.3 is 0 Å². The molecule has 4 heterocycles. The SMILES string of the molecule is c1cn(-c2ccc3ccc(-n4ccnc4)nc3n2)cn1. The first kappa shape index (κ1) is 10.9. The normalized spacial score (nSPS) is 11.0. The van der Waals surface area contributed by atoms with Crippen LogP contribution in [0.5, 0.6) is 0 Å². The standard InChI is InChI=1S/C14H10N6/c1-3-12(19-7-5-15-9-19)17-14-11(1)2-4-13(18-14)20-8-6-16-10-20/h1-10H. The van der Waals surface area contributed by atoms with Crippen LogP contribution in [0, 0.1) is 0 Å². The van der Waals surface area contributed by atoms with E-state index in [9.17, 15) is 0 Å². The fourth-order valence-electron chi connectivity index (χ4n) is 2.06. The van der Waals surface area contributed by atoms with Crippen molar-refractivity contribution < 1.29 is 0 Å². The summed E-state index contributed by atoms with van der Waals surface area (Å²) in [5.74, 6) is 1.59. The summed E-state index contributed by atoms with van der Waals surface area (Å²) in [5, 5.41) is 0.998. The van der Waals surface area contributed by atoms with Crippen molar-refractivity contribution in [3.63, 3.8) is 0 Å². The van der Waals surface area contributed by atoms with Crippen molar-refractivity contribution >= 4 is 11.0 Å². The molecule has 0 saturated heterocycles. The summed E-state index contributed by atoms with van der Waals surface area (Å²) in [5.41, 5.74) is 0.697. The highest BCUT2D eigenvalue weighted by atomic mass is 15.1. The van der Waals surface area contributed by atoms with E-state index in [1.54, 1.807) is 25.0 Å². The number of hydrogen-bond donors (Lipinski definition) is 0. The molecule has 0 saturated carbocycles. The van der Waals surface area contributed by atoms with E-state index in [1.807, 2.05) is 45.8 Å². The number of rotatable bonds is 2. The summed E-state index contributed by atoms with van der Waals surface area (Å²) in [6.45, 7) is 0. The number of nitrogens with zero attached hydrogens (tertiary/aromatic N) is 6. The molecule has 0 aliphatic rings. The molecular formula is C14H10N6.